The van der Waals surface area contributed by atoms with E-state index in [4.69, 9.17) is 0 Å². The molecule has 0 aliphatic carbocycles. The summed E-state index contributed by atoms with van der Waals surface area (Å²) in [4.78, 5) is 20.8. The molecule has 1 N–H and O–H groups in total. The maximum absolute atomic E-state index is 12.0. The van der Waals surface area contributed by atoms with Gasteiger partial charge in [-0.1, -0.05) is 29.8 Å². The van der Waals surface area contributed by atoms with Crippen LogP contribution in [0.15, 0.2) is 35.0 Å². The first kappa shape index (κ1) is 14.9. The van der Waals surface area contributed by atoms with Crippen LogP contribution in [-0.2, 0) is 11.2 Å². The van der Waals surface area contributed by atoms with Gasteiger partial charge in [0.15, 0.2) is 5.13 Å². The fraction of sp³-hybridized carbons (Fsp3) is 0.188. The molecule has 0 fully saturated rings. The van der Waals surface area contributed by atoms with Crippen molar-refractivity contribution in [2.24, 2.45) is 0 Å². The summed E-state index contributed by atoms with van der Waals surface area (Å²) in [5.41, 5.74) is 4.00. The van der Waals surface area contributed by atoms with Crippen molar-refractivity contribution in [3.05, 3.63) is 52.0 Å². The first-order valence-electron chi connectivity index (χ1n) is 6.83. The first-order chi connectivity index (χ1) is 10.6. The van der Waals surface area contributed by atoms with Crippen LogP contribution in [0.2, 0.25) is 0 Å². The Morgan fingerprint density at radius 1 is 1.09 bits per heavy atom. The van der Waals surface area contributed by atoms with Crippen LogP contribution < -0.4 is 5.32 Å². The van der Waals surface area contributed by atoms with Crippen molar-refractivity contribution in [1.29, 1.82) is 0 Å². The monoisotopic (exact) mass is 329 g/mol. The number of amides is 1. The minimum Gasteiger partial charge on any atom is -0.302 e. The van der Waals surface area contributed by atoms with Gasteiger partial charge in [-0.15, -0.1) is 22.7 Å². The van der Waals surface area contributed by atoms with E-state index in [0.717, 1.165) is 22.0 Å². The smallest absolute Gasteiger partial charge is 0.232 e. The third-order valence-electron chi connectivity index (χ3n) is 3.06. The van der Waals surface area contributed by atoms with Crippen LogP contribution in [0.25, 0.3) is 10.6 Å². The Morgan fingerprint density at radius 3 is 2.55 bits per heavy atom. The molecule has 2 heterocycles. The van der Waals surface area contributed by atoms with Gasteiger partial charge in [-0.25, -0.2) is 9.97 Å². The van der Waals surface area contributed by atoms with Crippen LogP contribution in [0, 0.1) is 13.8 Å². The van der Waals surface area contributed by atoms with Crippen molar-refractivity contribution in [2.45, 2.75) is 20.3 Å². The van der Waals surface area contributed by atoms with Gasteiger partial charge >= 0.3 is 0 Å². The van der Waals surface area contributed by atoms with E-state index in [0.29, 0.717) is 5.13 Å². The predicted molar refractivity (Wildman–Crippen MR) is 91.5 cm³/mol. The molecule has 6 heteroatoms. The number of hydrogen-bond donors (Lipinski definition) is 1. The second-order valence-electron chi connectivity index (χ2n) is 5.03. The molecule has 4 nitrogen and oxygen atoms in total. The Kier molecular flexibility index (Phi) is 4.31. The van der Waals surface area contributed by atoms with Crippen molar-refractivity contribution in [3.8, 4) is 10.6 Å². The molecule has 0 radical (unpaired) electrons. The number of nitrogens with one attached hydrogen (secondary N) is 1. The summed E-state index contributed by atoms with van der Waals surface area (Å²) in [5.74, 6) is -0.0879. The predicted octanol–water partition coefficient (Wildman–Crippen LogP) is 4.06. The summed E-state index contributed by atoms with van der Waals surface area (Å²) >= 11 is 2.99. The van der Waals surface area contributed by atoms with E-state index >= 15 is 0 Å². The highest BCUT2D eigenvalue weighted by Gasteiger charge is 2.10. The second-order valence-corrected chi connectivity index (χ2v) is 6.75. The fourth-order valence-electron chi connectivity index (χ4n) is 1.96. The maximum Gasteiger partial charge on any atom is 0.232 e. The molecule has 3 rings (SSSR count). The lowest BCUT2D eigenvalue weighted by molar-refractivity contribution is -0.115. The van der Waals surface area contributed by atoms with Crippen LogP contribution in [0.5, 0.6) is 0 Å². The number of nitrogens with zero attached hydrogens (tertiary/aromatic N) is 2. The molecule has 0 saturated carbocycles. The van der Waals surface area contributed by atoms with Gasteiger partial charge in [0.05, 0.1) is 17.8 Å². The summed E-state index contributed by atoms with van der Waals surface area (Å²) < 4.78 is 0. The Morgan fingerprint density at radius 2 is 1.86 bits per heavy atom. The van der Waals surface area contributed by atoms with E-state index in [9.17, 15) is 4.79 Å². The molecule has 0 aliphatic rings. The highest BCUT2D eigenvalue weighted by atomic mass is 32.1. The van der Waals surface area contributed by atoms with Crippen LogP contribution in [0.3, 0.4) is 0 Å². The number of thiazole rings is 2. The van der Waals surface area contributed by atoms with Gasteiger partial charge in [0.2, 0.25) is 5.91 Å². The maximum atomic E-state index is 12.0. The normalized spacial score (nSPS) is 10.6. The van der Waals surface area contributed by atoms with Gasteiger partial charge in [0, 0.05) is 16.3 Å². The lowest BCUT2D eigenvalue weighted by Gasteiger charge is -1.99. The number of hydrogen-bond acceptors (Lipinski definition) is 5. The van der Waals surface area contributed by atoms with Gasteiger partial charge in [0.1, 0.15) is 5.01 Å². The molecule has 22 heavy (non-hydrogen) atoms. The zero-order valence-electron chi connectivity index (χ0n) is 12.3. The summed E-state index contributed by atoms with van der Waals surface area (Å²) in [6.45, 7) is 3.96. The molecular formula is C16H15N3OS2. The Labute approximate surface area is 136 Å². The summed E-state index contributed by atoms with van der Waals surface area (Å²) in [7, 11) is 0. The minimum absolute atomic E-state index is 0.0879. The van der Waals surface area contributed by atoms with E-state index in [2.05, 4.69) is 46.5 Å². The van der Waals surface area contributed by atoms with Crippen LogP contribution in [0.1, 0.15) is 17.0 Å². The third-order valence-corrected chi connectivity index (χ3v) is 4.87. The van der Waals surface area contributed by atoms with Crippen molar-refractivity contribution in [1.82, 2.24) is 9.97 Å². The van der Waals surface area contributed by atoms with E-state index in [1.165, 1.54) is 16.9 Å². The molecule has 3 aromatic rings. The topological polar surface area (TPSA) is 54.9 Å². The molecule has 0 bridgehead atoms. The molecule has 2 aromatic heterocycles. The molecule has 1 amide bonds. The van der Waals surface area contributed by atoms with Gasteiger partial charge in [0.25, 0.3) is 0 Å². The van der Waals surface area contributed by atoms with Gasteiger partial charge in [-0.3, -0.25) is 4.79 Å². The van der Waals surface area contributed by atoms with Crippen molar-refractivity contribution in [2.75, 3.05) is 5.32 Å². The summed E-state index contributed by atoms with van der Waals surface area (Å²) in [6, 6.07) is 8.23. The number of carbonyl (C=O) groups excluding carboxylic acids is 1. The van der Waals surface area contributed by atoms with Gasteiger partial charge in [-0.05, 0) is 13.8 Å². The Balaban J connectivity index is 1.66. The molecule has 1 aromatic carbocycles. The number of carbonyl (C=O) groups is 1. The second kappa shape index (κ2) is 6.37. The van der Waals surface area contributed by atoms with Crippen molar-refractivity contribution in [3.63, 3.8) is 0 Å². The fourth-order valence-corrected chi connectivity index (χ4v) is 3.49. The van der Waals surface area contributed by atoms with Crippen molar-refractivity contribution < 1.29 is 4.79 Å². The lowest BCUT2D eigenvalue weighted by atomic mass is 10.2. The number of aryl methyl sites for hydroxylation is 2. The highest BCUT2D eigenvalue weighted by Crippen LogP contribution is 2.24. The largest absolute Gasteiger partial charge is 0.302 e. The third kappa shape index (κ3) is 3.58. The number of benzene rings is 1. The minimum atomic E-state index is -0.0879. The molecule has 0 atom stereocenters. The SMILES string of the molecule is Cc1ccc(-c2nc(CC(=O)Nc3nc(C)cs3)cs2)cc1. The van der Waals surface area contributed by atoms with E-state index in [1.807, 2.05) is 17.7 Å². The molecule has 0 spiro atoms. The van der Waals surface area contributed by atoms with Crippen LogP contribution in [0.4, 0.5) is 5.13 Å². The lowest BCUT2D eigenvalue weighted by Crippen LogP contribution is -2.14. The number of rotatable bonds is 4. The standard InChI is InChI=1S/C16H15N3OS2/c1-10-3-5-12(6-4-10)15-18-13(9-21-15)7-14(20)19-16-17-11(2)8-22-16/h3-6,8-9H,7H2,1-2H3,(H,17,19,20). The zero-order chi connectivity index (χ0) is 15.5. The van der Waals surface area contributed by atoms with Gasteiger partial charge < -0.3 is 5.32 Å². The highest BCUT2D eigenvalue weighted by molar-refractivity contribution is 7.14. The van der Waals surface area contributed by atoms with Crippen LogP contribution >= 0.6 is 22.7 Å². The number of aromatic nitrogens is 2. The Hall–Kier alpha value is -2.05. The zero-order valence-corrected chi connectivity index (χ0v) is 13.9. The summed E-state index contributed by atoms with van der Waals surface area (Å²) in [5, 5.41) is 8.22. The van der Waals surface area contributed by atoms with Crippen molar-refractivity contribution >= 4 is 33.7 Å². The van der Waals surface area contributed by atoms with E-state index < -0.39 is 0 Å². The first-order valence-corrected chi connectivity index (χ1v) is 8.59. The molecular weight excluding hydrogens is 314 g/mol. The van der Waals surface area contributed by atoms with Gasteiger partial charge in [-0.2, -0.15) is 0 Å². The Bertz CT molecular complexity index is 790. The van der Waals surface area contributed by atoms with E-state index in [-0.39, 0.29) is 12.3 Å². The summed E-state index contributed by atoms with van der Waals surface area (Å²) in [6.07, 6.45) is 0.265. The van der Waals surface area contributed by atoms with E-state index in [1.54, 1.807) is 11.3 Å². The molecule has 112 valence electrons. The molecule has 0 unspecified atom stereocenters. The average molecular weight is 329 g/mol. The van der Waals surface area contributed by atoms with Crippen LogP contribution in [-0.4, -0.2) is 15.9 Å². The number of anilines is 1. The molecule has 0 saturated heterocycles. The average Bonchev–Trinajstić information content (AvgIpc) is 3.09. The molecule has 0 aliphatic heterocycles. The quantitative estimate of drug-likeness (QED) is 0.785.